The Balaban J connectivity index is 2.88. The summed E-state index contributed by atoms with van der Waals surface area (Å²) in [6, 6.07) is 2.69. The van der Waals surface area contributed by atoms with Gasteiger partial charge in [-0.3, -0.25) is 14.9 Å². The van der Waals surface area contributed by atoms with Gasteiger partial charge in [0.05, 0.1) is 4.92 Å². The van der Waals surface area contributed by atoms with Crippen LogP contribution in [0.1, 0.15) is 13.8 Å². The number of non-ortho nitro benzene ring substituents is 1. The van der Waals surface area contributed by atoms with Gasteiger partial charge in [0, 0.05) is 19.1 Å². The van der Waals surface area contributed by atoms with E-state index < -0.39 is 37.9 Å². The number of benzene rings is 1. The first-order chi connectivity index (χ1) is 9.63. The highest BCUT2D eigenvalue weighted by atomic mass is 32.2. The lowest BCUT2D eigenvalue weighted by Gasteiger charge is -2.11. The molecule has 1 atom stereocenters. The number of amides is 1. The summed E-state index contributed by atoms with van der Waals surface area (Å²) in [6.45, 7) is 2.42. The van der Waals surface area contributed by atoms with Crippen molar-refractivity contribution >= 4 is 27.7 Å². The number of nitrogens with zero attached hydrogens (tertiary/aromatic N) is 1. The minimum absolute atomic E-state index is 0.299. The zero-order chi connectivity index (χ0) is 16.2. The van der Waals surface area contributed by atoms with Crippen molar-refractivity contribution in [2.24, 2.45) is 0 Å². The molecule has 114 valence electrons. The molecule has 1 rings (SSSR count). The van der Waals surface area contributed by atoms with Crippen molar-refractivity contribution in [1.82, 2.24) is 5.32 Å². The number of carbonyl (C=O) groups excluding carboxylic acids is 2. The van der Waals surface area contributed by atoms with Crippen LogP contribution < -0.4 is 5.32 Å². The second-order valence-electron chi connectivity index (χ2n) is 4.03. The van der Waals surface area contributed by atoms with E-state index in [0.29, 0.717) is 0 Å². The summed E-state index contributed by atoms with van der Waals surface area (Å²) < 4.78 is 27.9. The quantitative estimate of drug-likeness (QED) is 0.470. The third-order valence-corrected chi connectivity index (χ3v) is 3.53. The molecule has 0 heterocycles. The maximum Gasteiger partial charge on any atom is 0.344 e. The van der Waals surface area contributed by atoms with Crippen molar-refractivity contribution in [1.29, 1.82) is 0 Å². The van der Waals surface area contributed by atoms with Gasteiger partial charge in [0.1, 0.15) is 10.9 Å². The molecule has 1 N–H and O–H groups in total. The third-order valence-electron chi connectivity index (χ3n) is 2.30. The molecular weight excluding hydrogens is 304 g/mol. The summed E-state index contributed by atoms with van der Waals surface area (Å²) >= 11 is 0. The van der Waals surface area contributed by atoms with Gasteiger partial charge in [-0.2, -0.15) is 8.42 Å². The Morgan fingerprint density at radius 3 is 2.24 bits per heavy atom. The van der Waals surface area contributed by atoms with Crippen molar-refractivity contribution in [3.8, 4) is 0 Å². The Hall–Kier alpha value is -2.49. The smallest absolute Gasteiger partial charge is 0.343 e. The summed E-state index contributed by atoms with van der Waals surface area (Å²) in [4.78, 5) is 31.6. The van der Waals surface area contributed by atoms with Gasteiger partial charge in [0.2, 0.25) is 5.91 Å². The molecule has 0 aromatic heterocycles. The predicted octanol–water partition coefficient (Wildman–Crippen LogP) is 0.351. The van der Waals surface area contributed by atoms with Crippen LogP contribution in [0.2, 0.25) is 0 Å². The van der Waals surface area contributed by atoms with Crippen molar-refractivity contribution in [3.63, 3.8) is 0 Å². The zero-order valence-corrected chi connectivity index (χ0v) is 11.9. The molecule has 0 spiro atoms. The average molecular weight is 316 g/mol. The van der Waals surface area contributed by atoms with Gasteiger partial charge >= 0.3 is 16.1 Å². The summed E-state index contributed by atoms with van der Waals surface area (Å²) in [6.07, 6.45) is 0. The fraction of sp³-hybridized carbons (Fsp3) is 0.273. The number of rotatable bonds is 5. The number of nitro groups is 1. The lowest BCUT2D eigenvalue weighted by molar-refractivity contribution is -0.384. The van der Waals surface area contributed by atoms with Crippen LogP contribution in [0.25, 0.3) is 0 Å². The molecule has 0 fully saturated rings. The lowest BCUT2D eigenvalue weighted by Crippen LogP contribution is -2.39. The van der Waals surface area contributed by atoms with E-state index in [1.54, 1.807) is 0 Å². The van der Waals surface area contributed by atoms with Crippen molar-refractivity contribution in [3.05, 3.63) is 34.4 Å². The highest BCUT2D eigenvalue weighted by Crippen LogP contribution is 2.18. The van der Waals surface area contributed by atoms with Gasteiger partial charge < -0.3 is 9.50 Å². The molecule has 1 amide bonds. The minimum Gasteiger partial charge on any atom is -0.343 e. The summed E-state index contributed by atoms with van der Waals surface area (Å²) in [5.41, 5.74) is -0.299. The van der Waals surface area contributed by atoms with E-state index in [1.807, 2.05) is 0 Å². The number of nitro benzene ring substituents is 1. The number of nitrogens with one attached hydrogen (secondary N) is 1. The molecule has 0 aliphatic heterocycles. The van der Waals surface area contributed by atoms with Gasteiger partial charge in [-0.15, -0.1) is 0 Å². The van der Waals surface area contributed by atoms with E-state index >= 15 is 0 Å². The van der Waals surface area contributed by atoms with Gasteiger partial charge in [-0.1, -0.05) is 0 Å². The summed E-state index contributed by atoms with van der Waals surface area (Å²) in [7, 11) is -4.41. The van der Waals surface area contributed by atoms with Crippen LogP contribution in [0, 0.1) is 10.1 Å². The predicted molar refractivity (Wildman–Crippen MR) is 69.7 cm³/mol. The van der Waals surface area contributed by atoms with Crippen molar-refractivity contribution in [2.75, 3.05) is 0 Å². The fourth-order valence-corrected chi connectivity index (χ4v) is 2.25. The fourth-order valence-electron chi connectivity index (χ4n) is 1.33. The first kappa shape index (κ1) is 16.6. The number of carbonyl (C=O) groups is 2. The molecule has 0 aliphatic rings. The van der Waals surface area contributed by atoms with E-state index in [1.165, 1.54) is 6.92 Å². The first-order valence-electron chi connectivity index (χ1n) is 5.63. The Bertz CT molecular complexity index is 666. The summed E-state index contributed by atoms with van der Waals surface area (Å²) in [5.74, 6) is -1.68. The first-order valence-corrected chi connectivity index (χ1v) is 7.04. The van der Waals surface area contributed by atoms with Crippen molar-refractivity contribution < 1.29 is 27.1 Å². The Morgan fingerprint density at radius 2 is 1.81 bits per heavy atom. The van der Waals surface area contributed by atoms with Gasteiger partial charge in [-0.25, -0.2) is 4.79 Å². The van der Waals surface area contributed by atoms with Crippen LogP contribution in [0.15, 0.2) is 29.2 Å². The molecule has 10 heteroatoms. The van der Waals surface area contributed by atoms with Crippen LogP contribution >= 0.6 is 0 Å². The normalized spacial score (nSPS) is 12.3. The van der Waals surface area contributed by atoms with Crippen LogP contribution in [0.3, 0.4) is 0 Å². The highest BCUT2D eigenvalue weighted by Gasteiger charge is 2.25. The zero-order valence-electron chi connectivity index (χ0n) is 11.1. The molecule has 1 unspecified atom stereocenters. The Morgan fingerprint density at radius 1 is 1.29 bits per heavy atom. The molecule has 9 nitrogen and oxygen atoms in total. The van der Waals surface area contributed by atoms with Gasteiger partial charge in [0.25, 0.3) is 5.69 Å². The average Bonchev–Trinajstić information content (AvgIpc) is 2.37. The molecule has 1 aromatic rings. The molecule has 0 saturated heterocycles. The van der Waals surface area contributed by atoms with Crippen LogP contribution in [-0.4, -0.2) is 31.3 Å². The second kappa shape index (κ2) is 6.31. The van der Waals surface area contributed by atoms with Crippen molar-refractivity contribution in [2.45, 2.75) is 24.8 Å². The van der Waals surface area contributed by atoms with Crippen LogP contribution in [0.4, 0.5) is 5.69 Å². The molecule has 1 aromatic carbocycles. The van der Waals surface area contributed by atoms with E-state index in [9.17, 15) is 28.1 Å². The van der Waals surface area contributed by atoms with Crippen LogP contribution in [0.5, 0.6) is 0 Å². The second-order valence-corrected chi connectivity index (χ2v) is 5.58. The maximum absolute atomic E-state index is 11.8. The molecule has 21 heavy (non-hydrogen) atoms. The maximum atomic E-state index is 11.8. The van der Waals surface area contributed by atoms with E-state index in [2.05, 4.69) is 9.50 Å². The van der Waals surface area contributed by atoms with Gasteiger partial charge in [-0.05, 0) is 19.1 Å². The molecular formula is C11H12N2O7S. The van der Waals surface area contributed by atoms with Crippen LogP contribution in [-0.2, 0) is 23.9 Å². The Labute approximate surface area is 120 Å². The standard InChI is InChI=1S/C11H12N2O7S/c1-7(12-8(2)14)11(15)20-21(18,19)10-5-3-9(4-6-10)13(16)17/h3-7H,1-2H3,(H,12,14). The number of hydrogen-bond donors (Lipinski definition) is 1. The van der Waals surface area contributed by atoms with E-state index in [4.69, 9.17) is 0 Å². The minimum atomic E-state index is -4.41. The molecule has 0 saturated carbocycles. The van der Waals surface area contributed by atoms with E-state index in [0.717, 1.165) is 31.2 Å². The number of hydrogen-bond acceptors (Lipinski definition) is 7. The SMILES string of the molecule is CC(=O)NC(C)C(=O)OS(=O)(=O)c1ccc([N+](=O)[O-])cc1. The highest BCUT2D eigenvalue weighted by molar-refractivity contribution is 7.87. The molecule has 0 aliphatic carbocycles. The monoisotopic (exact) mass is 316 g/mol. The molecule has 0 radical (unpaired) electrons. The molecule has 0 bridgehead atoms. The largest absolute Gasteiger partial charge is 0.344 e. The Kier molecular flexibility index (Phi) is 4.97. The lowest BCUT2D eigenvalue weighted by atomic mass is 10.3. The summed E-state index contributed by atoms with van der Waals surface area (Å²) in [5, 5.41) is 12.6. The third kappa shape index (κ3) is 4.53. The van der Waals surface area contributed by atoms with E-state index in [-0.39, 0.29) is 5.69 Å². The topological polar surface area (TPSA) is 133 Å². The van der Waals surface area contributed by atoms with Gasteiger partial charge in [0.15, 0.2) is 0 Å².